The van der Waals surface area contributed by atoms with Crippen LogP contribution in [0, 0.1) is 6.92 Å². The van der Waals surface area contributed by atoms with Crippen molar-refractivity contribution in [3.8, 4) is 0 Å². The quantitative estimate of drug-likeness (QED) is 0.595. The Kier molecular flexibility index (Phi) is 5.51. The maximum atomic E-state index is 4.31. The minimum Gasteiger partial charge on any atom is -0.253 e. The number of thiazole rings is 1. The van der Waals surface area contributed by atoms with Gasteiger partial charge in [-0.3, -0.25) is 5.43 Å². The monoisotopic (exact) mass is 331 g/mol. The lowest BCUT2D eigenvalue weighted by Gasteiger charge is -2.20. The molecule has 1 saturated carbocycles. The van der Waals surface area contributed by atoms with E-state index in [4.69, 9.17) is 0 Å². The van der Waals surface area contributed by atoms with Gasteiger partial charge in [0.15, 0.2) is 0 Å². The second-order valence-electron chi connectivity index (χ2n) is 5.61. The third-order valence-electron chi connectivity index (χ3n) is 3.73. The molecule has 0 unspecified atom stereocenters. The van der Waals surface area contributed by atoms with Crippen LogP contribution in [0.3, 0.4) is 0 Å². The molecule has 0 saturated heterocycles. The van der Waals surface area contributed by atoms with Gasteiger partial charge in [0.1, 0.15) is 0 Å². The van der Waals surface area contributed by atoms with Crippen molar-refractivity contribution in [2.75, 3.05) is 5.43 Å². The third kappa shape index (κ3) is 4.58. The number of rotatable bonds is 5. The Morgan fingerprint density at radius 1 is 1.23 bits per heavy atom. The molecule has 1 aliphatic carbocycles. The Balaban J connectivity index is 1.52. The summed E-state index contributed by atoms with van der Waals surface area (Å²) in [5.41, 5.74) is 5.09. The SMILES string of the molecule is Cc1csc(NN=Cc2ccc(SC3CCCCC3)cc2)n1. The Labute approximate surface area is 140 Å². The maximum Gasteiger partial charge on any atom is 0.203 e. The van der Waals surface area contributed by atoms with E-state index >= 15 is 0 Å². The summed E-state index contributed by atoms with van der Waals surface area (Å²) in [5.74, 6) is 0. The number of aromatic nitrogens is 1. The number of benzene rings is 1. The molecule has 1 fully saturated rings. The van der Waals surface area contributed by atoms with Gasteiger partial charge in [-0.25, -0.2) is 4.98 Å². The first-order valence-electron chi connectivity index (χ1n) is 7.77. The van der Waals surface area contributed by atoms with Crippen LogP contribution in [0.5, 0.6) is 0 Å². The zero-order valence-electron chi connectivity index (χ0n) is 12.8. The molecule has 0 amide bonds. The Morgan fingerprint density at radius 2 is 2.00 bits per heavy atom. The molecule has 0 radical (unpaired) electrons. The number of nitrogens with one attached hydrogen (secondary N) is 1. The lowest BCUT2D eigenvalue weighted by Crippen LogP contribution is -2.07. The van der Waals surface area contributed by atoms with Crippen LogP contribution >= 0.6 is 23.1 Å². The van der Waals surface area contributed by atoms with Crippen LogP contribution in [0.2, 0.25) is 0 Å². The lowest BCUT2D eigenvalue weighted by atomic mass is 10.0. The molecule has 2 aromatic rings. The molecule has 0 atom stereocenters. The second-order valence-corrected chi connectivity index (χ2v) is 7.84. The fourth-order valence-electron chi connectivity index (χ4n) is 2.58. The highest BCUT2D eigenvalue weighted by Crippen LogP contribution is 2.33. The van der Waals surface area contributed by atoms with E-state index < -0.39 is 0 Å². The van der Waals surface area contributed by atoms with Gasteiger partial charge in [0.05, 0.1) is 11.9 Å². The molecule has 1 aliphatic rings. The number of hydrogen-bond acceptors (Lipinski definition) is 5. The molecule has 3 nitrogen and oxygen atoms in total. The van der Waals surface area contributed by atoms with Crippen molar-refractivity contribution in [1.82, 2.24) is 4.98 Å². The number of thioether (sulfide) groups is 1. The van der Waals surface area contributed by atoms with Crippen molar-refractivity contribution < 1.29 is 0 Å². The van der Waals surface area contributed by atoms with E-state index in [9.17, 15) is 0 Å². The summed E-state index contributed by atoms with van der Waals surface area (Å²) >= 11 is 3.60. The third-order valence-corrected chi connectivity index (χ3v) is 5.94. The first kappa shape index (κ1) is 15.6. The summed E-state index contributed by atoms with van der Waals surface area (Å²) in [6.07, 6.45) is 8.77. The predicted octanol–water partition coefficient (Wildman–Crippen LogP) is 5.32. The first-order chi connectivity index (χ1) is 10.8. The smallest absolute Gasteiger partial charge is 0.203 e. The molecule has 5 heteroatoms. The fraction of sp³-hybridized carbons (Fsp3) is 0.412. The topological polar surface area (TPSA) is 37.3 Å². The van der Waals surface area contributed by atoms with Gasteiger partial charge < -0.3 is 0 Å². The Bertz CT molecular complexity index is 613. The Hall–Kier alpha value is -1.33. The van der Waals surface area contributed by atoms with E-state index in [0.29, 0.717) is 0 Å². The average molecular weight is 332 g/mol. The van der Waals surface area contributed by atoms with Crippen LogP contribution in [0.4, 0.5) is 5.13 Å². The van der Waals surface area contributed by atoms with Crippen LogP contribution in [0.1, 0.15) is 43.4 Å². The average Bonchev–Trinajstić information content (AvgIpc) is 2.96. The highest BCUT2D eigenvalue weighted by atomic mass is 32.2. The van der Waals surface area contributed by atoms with Gasteiger partial charge in [-0.2, -0.15) is 5.10 Å². The summed E-state index contributed by atoms with van der Waals surface area (Å²) < 4.78 is 0. The van der Waals surface area contributed by atoms with Crippen molar-refractivity contribution in [3.05, 3.63) is 40.9 Å². The van der Waals surface area contributed by atoms with Gasteiger partial charge in [-0.1, -0.05) is 31.4 Å². The van der Waals surface area contributed by atoms with Crippen LogP contribution in [-0.4, -0.2) is 16.4 Å². The minimum atomic E-state index is 0.808. The number of hydrogen-bond donors (Lipinski definition) is 1. The van der Waals surface area contributed by atoms with Crippen molar-refractivity contribution in [1.29, 1.82) is 0 Å². The van der Waals surface area contributed by atoms with Gasteiger partial charge in [0, 0.05) is 15.5 Å². The number of hydrazone groups is 1. The lowest BCUT2D eigenvalue weighted by molar-refractivity contribution is 0.516. The molecule has 1 N–H and O–H groups in total. The minimum absolute atomic E-state index is 0.808. The molecule has 22 heavy (non-hydrogen) atoms. The van der Waals surface area contributed by atoms with E-state index in [1.165, 1.54) is 37.0 Å². The molecule has 0 bridgehead atoms. The Morgan fingerprint density at radius 3 is 2.68 bits per heavy atom. The molecular formula is C17H21N3S2. The van der Waals surface area contributed by atoms with Gasteiger partial charge in [0.25, 0.3) is 0 Å². The van der Waals surface area contributed by atoms with Gasteiger partial charge in [-0.05, 0) is 37.5 Å². The standard InChI is InChI=1S/C17H21N3S2/c1-13-12-21-17(19-13)20-18-11-14-7-9-16(10-8-14)22-15-5-3-2-4-6-15/h7-12,15H,2-6H2,1H3,(H,19,20). The maximum absolute atomic E-state index is 4.31. The zero-order valence-corrected chi connectivity index (χ0v) is 14.4. The molecule has 1 heterocycles. The zero-order chi connectivity index (χ0) is 15.2. The van der Waals surface area contributed by atoms with Crippen LogP contribution in [0.15, 0.2) is 39.6 Å². The molecule has 116 valence electrons. The van der Waals surface area contributed by atoms with Crippen molar-refractivity contribution in [3.63, 3.8) is 0 Å². The molecule has 1 aromatic heterocycles. The van der Waals surface area contributed by atoms with Gasteiger partial charge >= 0.3 is 0 Å². The van der Waals surface area contributed by atoms with Gasteiger partial charge in [0.2, 0.25) is 5.13 Å². The highest BCUT2D eigenvalue weighted by molar-refractivity contribution is 8.00. The predicted molar refractivity (Wildman–Crippen MR) is 97.2 cm³/mol. The molecule has 0 aliphatic heterocycles. The van der Waals surface area contributed by atoms with Crippen molar-refractivity contribution >= 4 is 34.4 Å². The number of aryl methyl sites for hydroxylation is 1. The summed E-state index contributed by atoms with van der Waals surface area (Å²) in [6, 6.07) is 8.66. The van der Waals surface area contributed by atoms with Crippen molar-refractivity contribution in [2.24, 2.45) is 5.10 Å². The van der Waals surface area contributed by atoms with Crippen LogP contribution in [0.25, 0.3) is 0 Å². The van der Waals surface area contributed by atoms with Crippen LogP contribution < -0.4 is 5.43 Å². The number of nitrogens with zero attached hydrogens (tertiary/aromatic N) is 2. The van der Waals surface area contributed by atoms with E-state index in [1.807, 2.05) is 30.3 Å². The van der Waals surface area contributed by atoms with Gasteiger partial charge in [-0.15, -0.1) is 23.1 Å². The number of anilines is 1. The molecule has 0 spiro atoms. The fourth-order valence-corrected chi connectivity index (χ4v) is 4.46. The summed E-state index contributed by atoms with van der Waals surface area (Å²) in [7, 11) is 0. The van der Waals surface area contributed by atoms with E-state index in [2.05, 4.69) is 39.8 Å². The molecule has 3 rings (SSSR count). The van der Waals surface area contributed by atoms with E-state index in [-0.39, 0.29) is 0 Å². The molecule has 1 aromatic carbocycles. The summed E-state index contributed by atoms with van der Waals surface area (Å²) in [4.78, 5) is 5.68. The largest absolute Gasteiger partial charge is 0.253 e. The second kappa shape index (κ2) is 7.79. The van der Waals surface area contributed by atoms with Crippen LogP contribution in [-0.2, 0) is 0 Å². The normalized spacial score (nSPS) is 16.2. The summed E-state index contributed by atoms with van der Waals surface area (Å²) in [6.45, 7) is 1.98. The highest BCUT2D eigenvalue weighted by Gasteiger charge is 2.14. The van der Waals surface area contributed by atoms with Crippen molar-refractivity contribution in [2.45, 2.75) is 49.2 Å². The van der Waals surface area contributed by atoms with E-state index in [0.717, 1.165) is 21.6 Å². The summed E-state index contributed by atoms with van der Waals surface area (Å²) in [5, 5.41) is 7.89. The molecular weight excluding hydrogens is 310 g/mol. The first-order valence-corrected chi connectivity index (χ1v) is 9.53. The van der Waals surface area contributed by atoms with E-state index in [1.54, 1.807) is 11.3 Å².